The number of hydrogen-bond donors (Lipinski definition) is 7. The molecule has 33 heavy (non-hydrogen) atoms. The molecule has 0 spiro atoms. The zero-order chi connectivity index (χ0) is 25.6. The molecule has 0 radical (unpaired) electrons. The number of carbonyl (C=O) groups is 4. The van der Waals surface area contributed by atoms with Gasteiger partial charge in [-0.25, -0.2) is 4.79 Å². The Bertz CT molecular complexity index is 686. The quantitative estimate of drug-likeness (QED) is 0.0779. The highest BCUT2D eigenvalue weighted by Gasteiger charge is 2.31. The molecule has 0 aliphatic heterocycles. The van der Waals surface area contributed by atoms with Crippen LogP contribution in [0.25, 0.3) is 0 Å². The number of nitrogens with one attached hydrogen (secondary N) is 3. The van der Waals surface area contributed by atoms with E-state index in [9.17, 15) is 24.3 Å². The summed E-state index contributed by atoms with van der Waals surface area (Å²) in [6, 6.07) is -3.81. The zero-order valence-electron chi connectivity index (χ0n) is 19.8. The minimum atomic E-state index is -1.20. The summed E-state index contributed by atoms with van der Waals surface area (Å²) < 4.78 is 0. The molecule has 0 aromatic heterocycles. The molecule has 0 fully saturated rings. The van der Waals surface area contributed by atoms with E-state index in [0.29, 0.717) is 18.6 Å². The van der Waals surface area contributed by atoms with Crippen molar-refractivity contribution < 1.29 is 24.3 Å². The van der Waals surface area contributed by atoms with Gasteiger partial charge >= 0.3 is 5.97 Å². The zero-order valence-corrected chi connectivity index (χ0v) is 20.6. The van der Waals surface area contributed by atoms with Gasteiger partial charge in [0, 0.05) is 6.54 Å². The van der Waals surface area contributed by atoms with Crippen LogP contribution in [0.3, 0.4) is 0 Å². The number of hydrogen-bond acceptors (Lipinski definition) is 7. The second-order valence-corrected chi connectivity index (χ2v) is 8.84. The summed E-state index contributed by atoms with van der Waals surface area (Å²) in [7, 11) is 0. The molecule has 0 aliphatic rings. The van der Waals surface area contributed by atoms with Crippen LogP contribution < -0.4 is 33.2 Å². The van der Waals surface area contributed by atoms with Gasteiger partial charge in [0.25, 0.3) is 0 Å². The molecule has 0 aromatic rings. The molecule has 0 rings (SSSR count). The maximum atomic E-state index is 13.0. The number of aliphatic imine (C=N–C) groups is 1. The van der Waals surface area contributed by atoms with Crippen LogP contribution in [0.4, 0.5) is 0 Å². The Morgan fingerprint density at radius 3 is 2.06 bits per heavy atom. The van der Waals surface area contributed by atoms with Crippen molar-refractivity contribution in [2.24, 2.45) is 28.1 Å². The van der Waals surface area contributed by atoms with Crippen molar-refractivity contribution in [1.82, 2.24) is 16.0 Å². The fourth-order valence-corrected chi connectivity index (χ4v) is 3.26. The summed E-state index contributed by atoms with van der Waals surface area (Å²) in [6.07, 6.45) is 3.20. The fourth-order valence-electron chi connectivity index (χ4n) is 2.79. The first-order valence-electron chi connectivity index (χ1n) is 10.9. The third-order valence-corrected chi connectivity index (χ3v) is 5.65. The average Bonchev–Trinajstić information content (AvgIpc) is 2.75. The van der Waals surface area contributed by atoms with Crippen molar-refractivity contribution in [1.29, 1.82) is 0 Å². The maximum absolute atomic E-state index is 13.0. The van der Waals surface area contributed by atoms with Crippen molar-refractivity contribution in [3.63, 3.8) is 0 Å². The minimum Gasteiger partial charge on any atom is -0.480 e. The van der Waals surface area contributed by atoms with Crippen molar-refractivity contribution in [2.45, 2.75) is 70.6 Å². The van der Waals surface area contributed by atoms with E-state index in [2.05, 4.69) is 20.9 Å². The number of amides is 3. The lowest BCUT2D eigenvalue weighted by Gasteiger charge is -2.27. The SMILES string of the molecule is CCC(C)C(NC(=O)C(C)N)C(=O)NC(CCSC)C(=O)NC(CCCN=C(N)N)C(=O)O. The Balaban J connectivity index is 5.37. The second kappa shape index (κ2) is 16.1. The lowest BCUT2D eigenvalue weighted by atomic mass is 9.97. The smallest absolute Gasteiger partial charge is 0.326 e. The van der Waals surface area contributed by atoms with Gasteiger partial charge in [-0.2, -0.15) is 11.8 Å². The first kappa shape index (κ1) is 30.5. The number of thioether (sulfide) groups is 1. The van der Waals surface area contributed by atoms with E-state index in [1.165, 1.54) is 18.7 Å². The number of carboxylic acid groups (broad SMARTS) is 1. The summed E-state index contributed by atoms with van der Waals surface area (Å²) in [6.45, 7) is 5.42. The van der Waals surface area contributed by atoms with Gasteiger partial charge in [-0.1, -0.05) is 20.3 Å². The number of guanidine groups is 1. The number of carbonyl (C=O) groups excluding carboxylic acids is 3. The number of nitrogens with two attached hydrogens (primary N) is 3. The van der Waals surface area contributed by atoms with Gasteiger partial charge < -0.3 is 38.3 Å². The van der Waals surface area contributed by atoms with Gasteiger partial charge in [-0.05, 0) is 44.1 Å². The number of nitrogens with zero attached hydrogens (tertiary/aromatic N) is 1. The van der Waals surface area contributed by atoms with E-state index in [4.69, 9.17) is 17.2 Å². The molecule has 3 amide bonds. The third-order valence-electron chi connectivity index (χ3n) is 5.01. The van der Waals surface area contributed by atoms with E-state index in [-0.39, 0.29) is 31.3 Å². The predicted molar refractivity (Wildman–Crippen MR) is 129 cm³/mol. The molecule has 0 heterocycles. The molecule has 5 unspecified atom stereocenters. The molecule has 190 valence electrons. The lowest BCUT2D eigenvalue weighted by molar-refractivity contribution is -0.142. The molecule has 10 N–H and O–H groups in total. The van der Waals surface area contributed by atoms with Gasteiger partial charge in [0.05, 0.1) is 6.04 Å². The van der Waals surface area contributed by atoms with Crippen LogP contribution in [-0.2, 0) is 19.2 Å². The van der Waals surface area contributed by atoms with Crippen LogP contribution in [0, 0.1) is 5.92 Å². The Morgan fingerprint density at radius 2 is 1.58 bits per heavy atom. The highest BCUT2D eigenvalue weighted by Crippen LogP contribution is 2.10. The van der Waals surface area contributed by atoms with E-state index in [1.807, 2.05) is 13.2 Å². The van der Waals surface area contributed by atoms with Crippen LogP contribution in [0.15, 0.2) is 4.99 Å². The lowest BCUT2D eigenvalue weighted by Crippen LogP contribution is -2.58. The normalized spacial score (nSPS) is 15.3. The van der Waals surface area contributed by atoms with Crippen molar-refractivity contribution in [2.75, 3.05) is 18.6 Å². The topological polar surface area (TPSA) is 215 Å². The molecule has 12 nitrogen and oxygen atoms in total. The van der Waals surface area contributed by atoms with Gasteiger partial charge in [-0.3, -0.25) is 19.4 Å². The molecule has 0 saturated heterocycles. The Morgan fingerprint density at radius 1 is 0.970 bits per heavy atom. The molecule has 0 bridgehead atoms. The van der Waals surface area contributed by atoms with Gasteiger partial charge in [0.15, 0.2) is 5.96 Å². The van der Waals surface area contributed by atoms with Gasteiger partial charge in [-0.15, -0.1) is 0 Å². The average molecular weight is 490 g/mol. The molecule has 0 aliphatic carbocycles. The summed E-state index contributed by atoms with van der Waals surface area (Å²) in [4.78, 5) is 53.3. The second-order valence-electron chi connectivity index (χ2n) is 7.85. The molecule has 0 aromatic carbocycles. The predicted octanol–water partition coefficient (Wildman–Crippen LogP) is -1.27. The molecular formula is C20H39N7O5S. The van der Waals surface area contributed by atoms with Crippen LogP contribution in [0.5, 0.6) is 0 Å². The van der Waals surface area contributed by atoms with Crippen LogP contribution in [-0.4, -0.2) is 77.5 Å². The van der Waals surface area contributed by atoms with Crippen LogP contribution in [0.2, 0.25) is 0 Å². The summed E-state index contributed by atoms with van der Waals surface area (Å²) in [5.74, 6) is -2.58. The number of rotatable bonds is 16. The fraction of sp³-hybridized carbons (Fsp3) is 0.750. The van der Waals surface area contributed by atoms with Gasteiger partial charge in [0.1, 0.15) is 18.1 Å². The highest BCUT2D eigenvalue weighted by atomic mass is 32.2. The number of aliphatic carboxylic acids is 1. The van der Waals surface area contributed by atoms with E-state index >= 15 is 0 Å². The minimum absolute atomic E-state index is 0.0993. The first-order valence-corrected chi connectivity index (χ1v) is 12.3. The third kappa shape index (κ3) is 12.3. The van der Waals surface area contributed by atoms with Crippen molar-refractivity contribution in [3.05, 3.63) is 0 Å². The molecular weight excluding hydrogens is 450 g/mol. The molecule has 13 heteroatoms. The highest BCUT2D eigenvalue weighted by molar-refractivity contribution is 7.98. The maximum Gasteiger partial charge on any atom is 0.326 e. The van der Waals surface area contributed by atoms with Crippen LogP contribution >= 0.6 is 11.8 Å². The standard InChI is InChI=1S/C20H39N7O5S/c1-5-11(2)15(27-16(28)12(3)21)18(30)25-13(8-10-33-4)17(29)26-14(19(31)32)7-6-9-24-20(22)23/h11-15H,5-10,21H2,1-4H3,(H,25,30)(H,26,29)(H,27,28)(H,31,32)(H4,22,23,24). The Kier molecular flexibility index (Phi) is 14.9. The van der Waals surface area contributed by atoms with Gasteiger partial charge in [0.2, 0.25) is 17.7 Å². The van der Waals surface area contributed by atoms with Crippen molar-refractivity contribution in [3.8, 4) is 0 Å². The number of carboxylic acids is 1. The van der Waals surface area contributed by atoms with E-state index in [0.717, 1.165) is 0 Å². The summed E-state index contributed by atoms with van der Waals surface area (Å²) >= 11 is 1.48. The molecule has 0 saturated carbocycles. The Hall–Kier alpha value is -2.54. The van der Waals surface area contributed by atoms with E-state index in [1.54, 1.807) is 6.92 Å². The summed E-state index contributed by atoms with van der Waals surface area (Å²) in [5, 5.41) is 17.2. The van der Waals surface area contributed by atoms with E-state index < -0.39 is 47.9 Å². The monoisotopic (exact) mass is 489 g/mol. The first-order chi connectivity index (χ1) is 15.4. The van der Waals surface area contributed by atoms with Crippen molar-refractivity contribution >= 4 is 41.4 Å². The Labute approximate surface area is 199 Å². The molecule has 5 atom stereocenters. The van der Waals surface area contributed by atoms with Crippen LogP contribution in [0.1, 0.15) is 46.5 Å². The largest absolute Gasteiger partial charge is 0.480 e. The summed E-state index contributed by atoms with van der Waals surface area (Å²) in [5.41, 5.74) is 16.1.